The van der Waals surface area contributed by atoms with Crippen LogP contribution in [0.1, 0.15) is 57.1 Å². The molecule has 3 heterocycles. The maximum absolute atomic E-state index is 14.2. The van der Waals surface area contributed by atoms with E-state index in [0.717, 1.165) is 17.7 Å². The van der Waals surface area contributed by atoms with Crippen molar-refractivity contribution in [1.29, 1.82) is 0 Å². The van der Waals surface area contributed by atoms with E-state index in [4.69, 9.17) is 15.2 Å². The lowest BCUT2D eigenvalue weighted by atomic mass is 9.47. The van der Waals surface area contributed by atoms with E-state index in [1.165, 1.54) is 14.2 Å². The predicted molar refractivity (Wildman–Crippen MR) is 184 cm³/mol. The van der Waals surface area contributed by atoms with Crippen molar-refractivity contribution in [3.05, 3.63) is 47.7 Å². The van der Waals surface area contributed by atoms with Gasteiger partial charge in [-0.25, -0.2) is 0 Å². The van der Waals surface area contributed by atoms with Gasteiger partial charge in [0.25, 0.3) is 5.91 Å². The van der Waals surface area contributed by atoms with Crippen LogP contribution >= 0.6 is 0 Å². The maximum atomic E-state index is 14.2. The van der Waals surface area contributed by atoms with Gasteiger partial charge in [-0.15, -0.1) is 0 Å². The molecule has 0 bridgehead atoms. The van der Waals surface area contributed by atoms with E-state index in [1.807, 2.05) is 50.2 Å². The van der Waals surface area contributed by atoms with Crippen molar-refractivity contribution < 1.29 is 34.4 Å². The third-order valence-electron chi connectivity index (χ3n) is 12.2. The Labute approximate surface area is 284 Å². The highest BCUT2D eigenvalue weighted by atomic mass is 16.5. The van der Waals surface area contributed by atoms with Crippen molar-refractivity contribution in [2.45, 2.75) is 80.6 Å². The molecule has 1 amide bonds. The normalized spacial score (nSPS) is 32.1. The van der Waals surface area contributed by atoms with Gasteiger partial charge >= 0.3 is 5.97 Å². The van der Waals surface area contributed by atoms with Gasteiger partial charge in [0.2, 0.25) is 0 Å². The number of esters is 1. The van der Waals surface area contributed by atoms with Crippen LogP contribution in [0.25, 0.3) is 0 Å². The van der Waals surface area contributed by atoms with Gasteiger partial charge in [0.1, 0.15) is 17.3 Å². The fourth-order valence-corrected chi connectivity index (χ4v) is 10.0. The van der Waals surface area contributed by atoms with E-state index in [1.54, 1.807) is 0 Å². The number of amides is 1. The number of benzene rings is 1. The molecule has 7 N–H and O–H groups in total. The second kappa shape index (κ2) is 13.3. The summed E-state index contributed by atoms with van der Waals surface area (Å²) in [6, 6.07) is 2.71. The van der Waals surface area contributed by atoms with Gasteiger partial charge in [0, 0.05) is 66.6 Å². The molecule has 1 aromatic carbocycles. The molecule has 1 spiro atoms. The Bertz CT molecular complexity index is 1450. The standard InChI is InChI=1S/C36H55N5O7/c1-8-23(21-38-4)20-35(22(3)37,32(45)48-7)25-18-24-26(19-27(25)47-6)40(5)29-34(24)13-16-41-15-10-12-33(9-2,28(34)41)30(43)36(29,46)31(44)39-14-11-17-42/h10,12,18-19,23,28-30,38,42-43,46H,3,8-9,11,13-17,20-21,37H2,1-2,4-7H3,(H,39,44)/t23?,28?,29?,30-,33-,34?,35?,36+/m1/s1. The number of ether oxygens (including phenoxy) is 2. The minimum absolute atomic E-state index is 0.0386. The first-order valence-electron chi connectivity index (χ1n) is 17.2. The number of methoxy groups -OCH3 is 2. The van der Waals surface area contributed by atoms with Gasteiger partial charge in [0.05, 0.1) is 20.3 Å². The van der Waals surface area contributed by atoms with E-state index in [-0.39, 0.29) is 30.8 Å². The molecule has 1 aliphatic carbocycles. The van der Waals surface area contributed by atoms with Gasteiger partial charge in [-0.3, -0.25) is 14.5 Å². The molecular formula is C36H55N5O7. The summed E-state index contributed by atoms with van der Waals surface area (Å²) in [7, 11) is 6.59. The van der Waals surface area contributed by atoms with Gasteiger partial charge in [-0.05, 0) is 63.4 Å². The Morgan fingerprint density at radius 3 is 2.56 bits per heavy atom. The van der Waals surface area contributed by atoms with Crippen LogP contribution in [-0.2, 0) is 25.2 Å². The van der Waals surface area contributed by atoms with Gasteiger partial charge in [-0.2, -0.15) is 0 Å². The Morgan fingerprint density at radius 1 is 1.25 bits per heavy atom. The number of nitrogens with two attached hydrogens (primary N) is 1. The van der Waals surface area contributed by atoms with Gasteiger partial charge in [-0.1, -0.05) is 39.0 Å². The maximum Gasteiger partial charge on any atom is 0.322 e. The second-order valence-corrected chi connectivity index (χ2v) is 14.2. The molecule has 1 saturated heterocycles. The van der Waals surface area contributed by atoms with Crippen molar-refractivity contribution in [2.75, 3.05) is 66.0 Å². The van der Waals surface area contributed by atoms with Crippen LogP contribution in [0.4, 0.5) is 5.69 Å². The summed E-state index contributed by atoms with van der Waals surface area (Å²) in [5.74, 6) is -0.778. The summed E-state index contributed by atoms with van der Waals surface area (Å²) < 4.78 is 11.5. The van der Waals surface area contributed by atoms with E-state index >= 15 is 0 Å². The number of nitrogens with zero attached hydrogens (tertiary/aromatic N) is 2. The van der Waals surface area contributed by atoms with Crippen molar-refractivity contribution >= 4 is 17.6 Å². The van der Waals surface area contributed by atoms with Crippen molar-refractivity contribution in [3.63, 3.8) is 0 Å². The Hall–Kier alpha value is -3.16. The summed E-state index contributed by atoms with van der Waals surface area (Å²) in [6.45, 7) is 10.2. The summed E-state index contributed by atoms with van der Waals surface area (Å²) in [5.41, 5.74) is 3.39. The molecule has 8 atom stereocenters. The summed E-state index contributed by atoms with van der Waals surface area (Å²) in [5, 5.41) is 40.7. The molecule has 48 heavy (non-hydrogen) atoms. The number of carbonyl (C=O) groups excluding carboxylic acids is 2. The average Bonchev–Trinajstić information content (AvgIpc) is 3.59. The SMILES string of the molecule is C=C(N)C(CC(CC)CNC)(C(=O)OC)c1cc2c(cc1OC)N(C)C1C23CCN2CC=C[C@](CC)(C23)[C@@H](O)[C@]1(O)C(=O)NCCCO. The number of rotatable bonds is 14. The highest BCUT2D eigenvalue weighted by molar-refractivity contribution is 5.92. The number of fused-ring (bicyclic) bond motifs is 1. The van der Waals surface area contributed by atoms with Crippen LogP contribution < -0.4 is 26.0 Å². The molecule has 1 saturated carbocycles. The Kier molecular flexibility index (Phi) is 9.99. The lowest BCUT2D eigenvalue weighted by molar-refractivity contribution is -0.203. The van der Waals surface area contributed by atoms with Crippen molar-refractivity contribution in [1.82, 2.24) is 15.5 Å². The Balaban J connectivity index is 1.83. The molecule has 12 heteroatoms. The smallest absolute Gasteiger partial charge is 0.322 e. The molecule has 0 radical (unpaired) electrons. The number of hydrogen-bond donors (Lipinski definition) is 6. The minimum atomic E-state index is -2.24. The highest BCUT2D eigenvalue weighted by Gasteiger charge is 2.78. The van der Waals surface area contributed by atoms with E-state index in [9.17, 15) is 24.9 Å². The number of aliphatic hydroxyl groups excluding tert-OH is 2. The topological polar surface area (TPSA) is 170 Å². The molecule has 3 aliphatic heterocycles. The summed E-state index contributed by atoms with van der Waals surface area (Å²) in [4.78, 5) is 32.6. The lowest BCUT2D eigenvalue weighted by Crippen LogP contribution is -2.81. The molecule has 4 aliphatic rings. The molecule has 266 valence electrons. The zero-order chi connectivity index (χ0) is 35.2. The van der Waals surface area contributed by atoms with Crippen molar-refractivity contribution in [3.8, 4) is 5.75 Å². The first kappa shape index (κ1) is 36.1. The number of likely N-dealkylation sites (N-methyl/N-ethyl adjacent to an activating group) is 1. The fourth-order valence-electron chi connectivity index (χ4n) is 10.0. The zero-order valence-corrected chi connectivity index (χ0v) is 29.3. The fraction of sp³-hybridized carbons (Fsp3) is 0.667. The van der Waals surface area contributed by atoms with Crippen LogP contribution in [0, 0.1) is 11.3 Å². The van der Waals surface area contributed by atoms with Crippen LogP contribution in [-0.4, -0.2) is 117 Å². The highest BCUT2D eigenvalue weighted by Crippen LogP contribution is 2.67. The van der Waals surface area contributed by atoms with Gasteiger partial charge in [0.15, 0.2) is 5.60 Å². The van der Waals surface area contributed by atoms with E-state index in [0.29, 0.717) is 56.6 Å². The third-order valence-corrected chi connectivity index (χ3v) is 12.2. The Morgan fingerprint density at radius 2 is 1.98 bits per heavy atom. The first-order chi connectivity index (χ1) is 22.9. The molecule has 5 unspecified atom stereocenters. The average molecular weight is 670 g/mol. The molecule has 1 aromatic rings. The van der Waals surface area contributed by atoms with Crippen LogP contribution in [0.15, 0.2) is 36.6 Å². The molecule has 12 nitrogen and oxygen atoms in total. The number of nitrogens with one attached hydrogen (secondary N) is 2. The summed E-state index contributed by atoms with van der Waals surface area (Å²) in [6.07, 6.45) is 5.06. The number of hydrogen-bond acceptors (Lipinski definition) is 11. The third kappa shape index (κ3) is 4.74. The largest absolute Gasteiger partial charge is 0.496 e. The second-order valence-electron chi connectivity index (χ2n) is 14.2. The minimum Gasteiger partial charge on any atom is -0.496 e. The van der Waals surface area contributed by atoms with Crippen LogP contribution in [0.5, 0.6) is 5.75 Å². The van der Waals surface area contributed by atoms with Crippen LogP contribution in [0.3, 0.4) is 0 Å². The lowest BCUT2D eigenvalue weighted by Gasteiger charge is -2.63. The molecular weight excluding hydrogens is 614 g/mol. The number of carbonyl (C=O) groups is 2. The monoisotopic (exact) mass is 669 g/mol. The zero-order valence-electron chi connectivity index (χ0n) is 29.3. The number of anilines is 1. The first-order valence-corrected chi connectivity index (χ1v) is 17.2. The molecule has 0 aromatic heterocycles. The van der Waals surface area contributed by atoms with E-state index in [2.05, 4.69) is 29.0 Å². The molecule has 5 rings (SSSR count). The number of aliphatic hydroxyl groups is 3. The van der Waals surface area contributed by atoms with E-state index < -0.39 is 45.9 Å². The van der Waals surface area contributed by atoms with Crippen molar-refractivity contribution in [2.24, 2.45) is 17.1 Å². The van der Waals surface area contributed by atoms with Gasteiger partial charge < -0.3 is 46.1 Å². The van der Waals surface area contributed by atoms with Crippen LogP contribution in [0.2, 0.25) is 0 Å². The summed E-state index contributed by atoms with van der Waals surface area (Å²) >= 11 is 0. The quantitative estimate of drug-likeness (QED) is 0.0946. The predicted octanol–water partition coefficient (Wildman–Crippen LogP) is 0.915. The molecule has 2 fully saturated rings.